The Kier molecular flexibility index (Phi) is 6.42. The Morgan fingerprint density at radius 3 is 2.33 bits per heavy atom. The summed E-state index contributed by atoms with van der Waals surface area (Å²) in [6, 6.07) is 10.1. The van der Waals surface area contributed by atoms with E-state index in [1.807, 2.05) is 12.1 Å². The van der Waals surface area contributed by atoms with E-state index < -0.39 is 10.0 Å². The van der Waals surface area contributed by atoms with Crippen LogP contribution >= 0.6 is 0 Å². The molecule has 0 spiro atoms. The van der Waals surface area contributed by atoms with Gasteiger partial charge in [-0.1, -0.05) is 12.1 Å². The minimum atomic E-state index is -3.66. The number of nitrogens with one attached hydrogen (secondary N) is 2. The van der Waals surface area contributed by atoms with Gasteiger partial charge in [0.05, 0.1) is 11.4 Å². The maximum absolute atomic E-state index is 11.7. The zero-order valence-electron chi connectivity index (χ0n) is 13.1. The molecule has 0 fully saturated rings. The zero-order chi connectivity index (χ0) is 17.4. The molecule has 1 aromatic carbocycles. The van der Waals surface area contributed by atoms with E-state index in [0.717, 1.165) is 11.1 Å². The van der Waals surface area contributed by atoms with Gasteiger partial charge in [-0.15, -0.1) is 0 Å². The van der Waals surface area contributed by atoms with Gasteiger partial charge in [0.25, 0.3) is 0 Å². The second kappa shape index (κ2) is 8.53. The lowest BCUT2D eigenvalue weighted by atomic mass is 10.1. The van der Waals surface area contributed by atoms with Crippen LogP contribution in [0.1, 0.15) is 11.1 Å². The highest BCUT2D eigenvalue weighted by Gasteiger charge is 2.06. The second-order valence-corrected chi connectivity index (χ2v) is 6.81. The smallest absolute Gasteiger partial charge is 0.238 e. The zero-order valence-corrected chi connectivity index (χ0v) is 13.9. The number of nitrogens with two attached hydrogens (primary N) is 1. The van der Waals surface area contributed by atoms with E-state index in [2.05, 4.69) is 15.6 Å². The molecule has 128 valence electrons. The Morgan fingerprint density at radius 2 is 1.71 bits per heavy atom. The van der Waals surface area contributed by atoms with E-state index in [9.17, 15) is 13.2 Å². The first kappa shape index (κ1) is 18.1. The molecule has 8 heteroatoms. The predicted molar refractivity (Wildman–Crippen MR) is 90.5 cm³/mol. The van der Waals surface area contributed by atoms with Crippen molar-refractivity contribution in [3.8, 4) is 0 Å². The van der Waals surface area contributed by atoms with Crippen LogP contribution in [0.15, 0.2) is 53.7 Å². The molecule has 7 nitrogen and oxygen atoms in total. The molecule has 0 atom stereocenters. The van der Waals surface area contributed by atoms with Gasteiger partial charge in [-0.05, 0) is 48.4 Å². The highest BCUT2D eigenvalue weighted by atomic mass is 32.2. The first-order chi connectivity index (χ1) is 11.4. The van der Waals surface area contributed by atoms with Gasteiger partial charge in [0.15, 0.2) is 0 Å². The van der Waals surface area contributed by atoms with E-state index in [1.54, 1.807) is 24.5 Å². The van der Waals surface area contributed by atoms with Crippen molar-refractivity contribution in [2.75, 3.05) is 13.1 Å². The number of sulfonamides is 1. The first-order valence-electron chi connectivity index (χ1n) is 7.43. The molecule has 0 aliphatic carbocycles. The fraction of sp³-hybridized carbons (Fsp3) is 0.250. The van der Waals surface area contributed by atoms with Crippen LogP contribution in [0, 0.1) is 0 Å². The summed E-state index contributed by atoms with van der Waals surface area (Å²) in [4.78, 5) is 15.7. The summed E-state index contributed by atoms with van der Waals surface area (Å²) >= 11 is 0. The maximum atomic E-state index is 11.7. The molecule has 0 unspecified atom stereocenters. The first-order valence-corrected chi connectivity index (χ1v) is 8.98. The fourth-order valence-corrected chi connectivity index (χ4v) is 2.56. The number of carbonyl (C=O) groups is 1. The third-order valence-corrected chi connectivity index (χ3v) is 4.30. The minimum absolute atomic E-state index is 0.0867. The number of primary sulfonamides is 1. The quantitative estimate of drug-likeness (QED) is 0.589. The number of hydrogen-bond acceptors (Lipinski definition) is 5. The van der Waals surface area contributed by atoms with E-state index in [0.29, 0.717) is 19.5 Å². The van der Waals surface area contributed by atoms with Crippen molar-refractivity contribution in [3.63, 3.8) is 0 Å². The lowest BCUT2D eigenvalue weighted by molar-refractivity contribution is -0.120. The van der Waals surface area contributed by atoms with Crippen LogP contribution in [0.25, 0.3) is 0 Å². The molecule has 4 N–H and O–H groups in total. The number of amides is 1. The topological polar surface area (TPSA) is 114 Å². The molecule has 0 radical (unpaired) electrons. The van der Waals surface area contributed by atoms with Crippen molar-refractivity contribution < 1.29 is 13.2 Å². The summed E-state index contributed by atoms with van der Waals surface area (Å²) in [5.74, 6) is -0.0867. The van der Waals surface area contributed by atoms with Gasteiger partial charge in [-0.2, -0.15) is 0 Å². The van der Waals surface area contributed by atoms with Crippen molar-refractivity contribution in [2.24, 2.45) is 5.14 Å². The average Bonchev–Trinajstić information content (AvgIpc) is 2.57. The number of carbonyl (C=O) groups excluding carboxylic acids is 1. The lowest BCUT2D eigenvalue weighted by Gasteiger charge is -2.07. The van der Waals surface area contributed by atoms with E-state index in [1.165, 1.54) is 12.1 Å². The summed E-state index contributed by atoms with van der Waals surface area (Å²) in [5.41, 5.74) is 1.96. The average molecular weight is 348 g/mol. The molecule has 2 rings (SSSR count). The molecule has 2 aromatic rings. The molecule has 0 bridgehead atoms. The van der Waals surface area contributed by atoms with Gasteiger partial charge >= 0.3 is 0 Å². The van der Waals surface area contributed by atoms with Crippen LogP contribution in [0.2, 0.25) is 0 Å². The predicted octanol–water partition coefficient (Wildman–Crippen LogP) is 0.178. The molecule has 24 heavy (non-hydrogen) atoms. The summed E-state index contributed by atoms with van der Waals surface area (Å²) in [5, 5.41) is 10.9. The summed E-state index contributed by atoms with van der Waals surface area (Å²) < 4.78 is 22.3. The molecular formula is C16H20N4O3S. The van der Waals surface area contributed by atoms with Crippen LogP contribution in [-0.4, -0.2) is 32.4 Å². The van der Waals surface area contributed by atoms with E-state index in [4.69, 9.17) is 5.14 Å². The summed E-state index contributed by atoms with van der Waals surface area (Å²) in [6.45, 7) is 1.30. The molecule has 0 saturated heterocycles. The highest BCUT2D eigenvalue weighted by molar-refractivity contribution is 7.89. The second-order valence-electron chi connectivity index (χ2n) is 5.25. The number of rotatable bonds is 8. The Morgan fingerprint density at radius 1 is 1.04 bits per heavy atom. The van der Waals surface area contributed by atoms with Gasteiger partial charge in [0.2, 0.25) is 15.9 Å². The van der Waals surface area contributed by atoms with Crippen LogP contribution < -0.4 is 15.8 Å². The van der Waals surface area contributed by atoms with Crippen LogP contribution in [0.5, 0.6) is 0 Å². The Labute approximate surface area is 141 Å². The number of aromatic nitrogens is 1. The lowest BCUT2D eigenvalue weighted by Crippen LogP contribution is -2.34. The molecular weight excluding hydrogens is 328 g/mol. The molecule has 0 aliphatic rings. The standard InChI is InChI=1S/C16H20N4O3S/c17-24(22,23)15-3-1-13(2-4-15)5-10-19-12-16(21)20-11-14-6-8-18-9-7-14/h1-4,6-9,19H,5,10-12H2,(H,20,21)(H2,17,22,23). The summed E-state index contributed by atoms with van der Waals surface area (Å²) in [6.07, 6.45) is 4.05. The molecule has 0 saturated carbocycles. The van der Waals surface area contributed by atoms with Gasteiger partial charge < -0.3 is 10.6 Å². The van der Waals surface area contributed by atoms with Crippen molar-refractivity contribution in [3.05, 3.63) is 59.9 Å². The highest BCUT2D eigenvalue weighted by Crippen LogP contribution is 2.08. The molecule has 1 amide bonds. The third kappa shape index (κ3) is 6.07. The molecule has 1 heterocycles. The normalized spacial score (nSPS) is 11.2. The van der Waals surface area contributed by atoms with Crippen LogP contribution in [-0.2, 0) is 27.8 Å². The number of nitrogens with zero attached hydrogens (tertiary/aromatic N) is 1. The summed E-state index contributed by atoms with van der Waals surface area (Å²) in [7, 11) is -3.66. The number of hydrogen-bond donors (Lipinski definition) is 3. The Bertz CT molecular complexity index is 762. The van der Waals surface area contributed by atoms with Gasteiger partial charge in [-0.25, -0.2) is 13.6 Å². The minimum Gasteiger partial charge on any atom is -0.351 e. The monoisotopic (exact) mass is 348 g/mol. The van der Waals surface area contributed by atoms with Crippen molar-refractivity contribution in [1.29, 1.82) is 0 Å². The fourth-order valence-electron chi connectivity index (χ4n) is 2.04. The van der Waals surface area contributed by atoms with Crippen molar-refractivity contribution in [1.82, 2.24) is 15.6 Å². The van der Waals surface area contributed by atoms with Crippen molar-refractivity contribution in [2.45, 2.75) is 17.9 Å². The Hall–Kier alpha value is -2.29. The van der Waals surface area contributed by atoms with Crippen molar-refractivity contribution >= 4 is 15.9 Å². The number of benzene rings is 1. The van der Waals surface area contributed by atoms with Gasteiger partial charge in [0, 0.05) is 18.9 Å². The van der Waals surface area contributed by atoms with Crippen LogP contribution in [0.4, 0.5) is 0 Å². The molecule has 0 aliphatic heterocycles. The SMILES string of the molecule is NS(=O)(=O)c1ccc(CCNCC(=O)NCc2ccncc2)cc1. The van der Waals surface area contributed by atoms with Gasteiger partial charge in [0.1, 0.15) is 0 Å². The Balaban J connectivity index is 1.66. The largest absolute Gasteiger partial charge is 0.351 e. The van der Waals surface area contributed by atoms with E-state index >= 15 is 0 Å². The maximum Gasteiger partial charge on any atom is 0.238 e. The molecule has 1 aromatic heterocycles. The van der Waals surface area contributed by atoms with Gasteiger partial charge in [-0.3, -0.25) is 9.78 Å². The number of pyridine rings is 1. The van der Waals surface area contributed by atoms with Crippen LogP contribution in [0.3, 0.4) is 0 Å². The third-order valence-electron chi connectivity index (χ3n) is 3.37. The van der Waals surface area contributed by atoms with E-state index in [-0.39, 0.29) is 17.3 Å².